The number of hydrogen-bond acceptors (Lipinski definition) is 2. The van der Waals surface area contributed by atoms with Crippen LogP contribution >= 0.6 is 0 Å². The Labute approximate surface area is 164 Å². The van der Waals surface area contributed by atoms with Gasteiger partial charge >= 0.3 is 0 Å². The van der Waals surface area contributed by atoms with E-state index >= 15 is 0 Å². The fraction of sp³-hybridized carbons (Fsp3) is 0.520. The number of nitrogens with zero attached hydrogens (tertiary/aromatic N) is 2. The van der Waals surface area contributed by atoms with Crippen molar-refractivity contribution < 1.29 is 0 Å². The Kier molecular flexibility index (Phi) is 3.83. The minimum absolute atomic E-state index is 0.203. The van der Waals surface area contributed by atoms with Crippen LogP contribution in [-0.4, -0.2) is 13.7 Å². The van der Waals surface area contributed by atoms with Gasteiger partial charge in [0.1, 0.15) is 0 Å². The smallest absolute Gasteiger partial charge is 0.0950 e. The van der Waals surface area contributed by atoms with E-state index < -0.39 is 0 Å². The highest BCUT2D eigenvalue weighted by Gasteiger charge is 2.34. The van der Waals surface area contributed by atoms with Crippen molar-refractivity contribution in [1.29, 1.82) is 0 Å². The number of benzene rings is 2. The van der Waals surface area contributed by atoms with E-state index in [9.17, 15) is 0 Å². The quantitative estimate of drug-likeness (QED) is 0.560. The van der Waals surface area contributed by atoms with Gasteiger partial charge in [0, 0.05) is 12.7 Å². The molecule has 2 bridgehead atoms. The summed E-state index contributed by atoms with van der Waals surface area (Å²) in [6.07, 6.45) is 6.98. The van der Waals surface area contributed by atoms with E-state index in [2.05, 4.69) is 74.0 Å². The third-order valence-corrected chi connectivity index (χ3v) is 7.13. The van der Waals surface area contributed by atoms with Crippen LogP contribution in [0.2, 0.25) is 0 Å². The zero-order chi connectivity index (χ0) is 18.8. The summed E-state index contributed by atoms with van der Waals surface area (Å²) in [5.41, 5.74) is 9.07. The van der Waals surface area contributed by atoms with Crippen molar-refractivity contribution in [3.63, 3.8) is 0 Å². The minimum Gasteiger partial charge on any atom is -0.355 e. The van der Waals surface area contributed by atoms with Gasteiger partial charge < -0.3 is 9.80 Å². The maximum atomic E-state index is 2.55. The van der Waals surface area contributed by atoms with Crippen molar-refractivity contribution in [2.24, 2.45) is 0 Å². The molecule has 1 fully saturated rings. The van der Waals surface area contributed by atoms with Crippen LogP contribution < -0.4 is 9.80 Å². The monoisotopic (exact) mass is 360 g/mol. The lowest BCUT2D eigenvalue weighted by Gasteiger charge is -2.29. The third kappa shape index (κ3) is 2.76. The average molecular weight is 361 g/mol. The van der Waals surface area contributed by atoms with Gasteiger partial charge in [-0.2, -0.15) is 0 Å². The van der Waals surface area contributed by atoms with Crippen molar-refractivity contribution in [3.05, 3.63) is 53.1 Å². The molecule has 3 aliphatic carbocycles. The Morgan fingerprint density at radius 1 is 0.815 bits per heavy atom. The van der Waals surface area contributed by atoms with Gasteiger partial charge in [-0.25, -0.2) is 0 Å². The fourth-order valence-corrected chi connectivity index (χ4v) is 5.49. The number of hydrogen-bond donors (Lipinski definition) is 0. The van der Waals surface area contributed by atoms with E-state index in [1.807, 2.05) is 0 Å². The van der Waals surface area contributed by atoms with Gasteiger partial charge in [-0.05, 0) is 83.9 Å². The zero-order valence-corrected chi connectivity index (χ0v) is 17.3. The molecule has 4 aliphatic rings. The Morgan fingerprint density at radius 3 is 2.00 bits per heavy atom. The van der Waals surface area contributed by atoms with Crippen LogP contribution in [0.3, 0.4) is 0 Å². The maximum absolute atomic E-state index is 2.55. The SMILES string of the molecule is CN1CN(c2ccc(C(C)(C)C)cc2)c2cc3c(cc21)C1CCCC3CC1. The molecule has 2 heteroatoms. The fourth-order valence-electron chi connectivity index (χ4n) is 5.49. The van der Waals surface area contributed by atoms with Crippen molar-refractivity contribution in [2.75, 3.05) is 23.5 Å². The Morgan fingerprint density at radius 2 is 1.41 bits per heavy atom. The van der Waals surface area contributed by atoms with Crippen molar-refractivity contribution in [2.45, 2.75) is 70.1 Å². The maximum Gasteiger partial charge on any atom is 0.0950 e. The molecule has 0 radical (unpaired) electrons. The predicted octanol–water partition coefficient (Wildman–Crippen LogP) is 6.67. The topological polar surface area (TPSA) is 6.48 Å². The molecule has 2 nitrogen and oxygen atoms in total. The summed E-state index contributed by atoms with van der Waals surface area (Å²) in [7, 11) is 2.24. The summed E-state index contributed by atoms with van der Waals surface area (Å²) >= 11 is 0. The second kappa shape index (κ2) is 6.02. The molecule has 2 atom stereocenters. The highest BCUT2D eigenvalue weighted by molar-refractivity contribution is 5.84. The predicted molar refractivity (Wildman–Crippen MR) is 116 cm³/mol. The first-order valence-corrected chi connectivity index (χ1v) is 10.7. The summed E-state index contributed by atoms with van der Waals surface area (Å²) in [6.45, 7) is 7.80. The molecule has 0 saturated heterocycles. The van der Waals surface area contributed by atoms with E-state index in [4.69, 9.17) is 0 Å². The highest BCUT2D eigenvalue weighted by atomic mass is 15.4. The first-order valence-electron chi connectivity index (χ1n) is 10.7. The third-order valence-electron chi connectivity index (χ3n) is 7.13. The van der Waals surface area contributed by atoms with Crippen LogP contribution in [0.1, 0.15) is 81.4 Å². The van der Waals surface area contributed by atoms with Gasteiger partial charge in [-0.3, -0.25) is 0 Å². The summed E-state index contributed by atoms with van der Waals surface area (Å²) in [4.78, 5) is 4.92. The van der Waals surface area contributed by atoms with Gasteiger partial charge in [0.25, 0.3) is 0 Å². The van der Waals surface area contributed by atoms with Crippen LogP contribution in [0.5, 0.6) is 0 Å². The van der Waals surface area contributed by atoms with Gasteiger partial charge in [0.2, 0.25) is 0 Å². The molecular formula is C25H32N2. The van der Waals surface area contributed by atoms with Crippen LogP contribution in [-0.2, 0) is 5.41 Å². The van der Waals surface area contributed by atoms with Gasteiger partial charge in [0.05, 0.1) is 18.0 Å². The van der Waals surface area contributed by atoms with Gasteiger partial charge in [-0.15, -0.1) is 0 Å². The first-order chi connectivity index (χ1) is 12.9. The molecule has 2 aromatic rings. The Hall–Kier alpha value is -1.96. The lowest BCUT2D eigenvalue weighted by atomic mass is 9.78. The number of anilines is 3. The van der Waals surface area contributed by atoms with E-state index in [0.717, 1.165) is 18.5 Å². The lowest BCUT2D eigenvalue weighted by molar-refractivity contribution is 0.527. The van der Waals surface area contributed by atoms with Crippen LogP contribution in [0, 0.1) is 0 Å². The molecule has 0 aromatic heterocycles. The molecule has 142 valence electrons. The summed E-state index contributed by atoms with van der Waals surface area (Å²) in [5, 5.41) is 0. The Balaban J connectivity index is 1.56. The molecular weight excluding hydrogens is 328 g/mol. The van der Waals surface area contributed by atoms with Gasteiger partial charge in [-0.1, -0.05) is 39.3 Å². The average Bonchev–Trinajstić information content (AvgIpc) is 2.82. The molecule has 2 unspecified atom stereocenters. The highest BCUT2D eigenvalue weighted by Crippen LogP contribution is 2.52. The minimum atomic E-state index is 0.203. The van der Waals surface area contributed by atoms with E-state index in [-0.39, 0.29) is 5.41 Å². The van der Waals surface area contributed by atoms with Gasteiger partial charge in [0.15, 0.2) is 0 Å². The largest absolute Gasteiger partial charge is 0.355 e. The second-order valence-corrected chi connectivity index (χ2v) is 9.94. The molecule has 1 heterocycles. The van der Waals surface area contributed by atoms with Crippen molar-refractivity contribution >= 4 is 17.1 Å². The number of rotatable bonds is 1. The molecule has 2 aromatic carbocycles. The van der Waals surface area contributed by atoms with Crippen molar-refractivity contribution in [3.8, 4) is 0 Å². The van der Waals surface area contributed by atoms with E-state index in [1.165, 1.54) is 54.7 Å². The second-order valence-electron chi connectivity index (χ2n) is 9.94. The summed E-state index contributed by atoms with van der Waals surface area (Å²) in [5.74, 6) is 1.60. The van der Waals surface area contributed by atoms with Crippen LogP contribution in [0.15, 0.2) is 36.4 Å². The standard InChI is InChI=1S/C25H32N2/c1-25(2,3)19-10-12-20(13-11-19)27-16-26(4)23-14-21-17-6-5-7-18(9-8-17)22(21)15-24(23)27/h10-15,17-18H,5-9,16H2,1-4H3. The Bertz CT molecular complexity index is 855. The summed E-state index contributed by atoms with van der Waals surface area (Å²) in [6, 6.07) is 14.3. The summed E-state index contributed by atoms with van der Waals surface area (Å²) < 4.78 is 0. The molecule has 0 amide bonds. The van der Waals surface area contributed by atoms with Crippen LogP contribution in [0.4, 0.5) is 17.1 Å². The zero-order valence-electron chi connectivity index (χ0n) is 17.3. The molecule has 27 heavy (non-hydrogen) atoms. The molecule has 1 aliphatic heterocycles. The van der Waals surface area contributed by atoms with E-state index in [1.54, 1.807) is 11.1 Å². The van der Waals surface area contributed by atoms with Crippen LogP contribution in [0.25, 0.3) is 0 Å². The lowest BCUT2D eigenvalue weighted by Crippen LogP contribution is -2.24. The molecule has 6 rings (SSSR count). The molecule has 0 spiro atoms. The molecule has 1 saturated carbocycles. The molecule has 0 N–H and O–H groups in total. The van der Waals surface area contributed by atoms with E-state index in [0.29, 0.717) is 0 Å². The van der Waals surface area contributed by atoms with Crippen molar-refractivity contribution in [1.82, 2.24) is 0 Å². The number of fused-ring (bicyclic) bond motifs is 4. The first kappa shape index (κ1) is 17.2. The normalized spacial score (nSPS) is 24.0.